The molecule has 1 aromatic rings. The minimum atomic E-state index is -0.806. The number of hydrogen-bond acceptors (Lipinski definition) is 4. The topological polar surface area (TPSA) is 64.3 Å². The van der Waals surface area contributed by atoms with Crippen molar-refractivity contribution in [2.75, 3.05) is 13.7 Å². The summed E-state index contributed by atoms with van der Waals surface area (Å²) >= 11 is 1.55. The second-order valence-corrected chi connectivity index (χ2v) is 5.34. The van der Waals surface area contributed by atoms with Crippen molar-refractivity contribution in [2.45, 2.75) is 26.0 Å². The zero-order chi connectivity index (χ0) is 13.6. The smallest absolute Gasteiger partial charge is 0.251 e. The SMILES string of the molecule is COC(C)(C)C(=O)NCc1ccc(C#CCN)s1. The Kier molecular flexibility index (Phi) is 5.35. The third-order valence-corrected chi connectivity index (χ3v) is 3.46. The Morgan fingerprint density at radius 1 is 1.56 bits per heavy atom. The summed E-state index contributed by atoms with van der Waals surface area (Å²) in [5, 5.41) is 2.83. The van der Waals surface area contributed by atoms with E-state index in [1.807, 2.05) is 12.1 Å². The van der Waals surface area contributed by atoms with Crippen molar-refractivity contribution in [3.8, 4) is 11.8 Å². The molecule has 3 N–H and O–H groups in total. The normalized spacial score (nSPS) is 10.7. The summed E-state index contributed by atoms with van der Waals surface area (Å²) in [4.78, 5) is 13.8. The second kappa shape index (κ2) is 6.55. The van der Waals surface area contributed by atoms with Gasteiger partial charge in [0.1, 0.15) is 5.60 Å². The number of nitrogens with two attached hydrogens (primary N) is 1. The van der Waals surface area contributed by atoms with Crippen molar-refractivity contribution < 1.29 is 9.53 Å². The van der Waals surface area contributed by atoms with Gasteiger partial charge in [-0.15, -0.1) is 11.3 Å². The van der Waals surface area contributed by atoms with E-state index in [4.69, 9.17) is 10.5 Å². The number of carbonyl (C=O) groups is 1. The lowest BCUT2D eigenvalue weighted by molar-refractivity contribution is -0.139. The number of methoxy groups -OCH3 is 1. The van der Waals surface area contributed by atoms with Gasteiger partial charge >= 0.3 is 0 Å². The Bertz CT molecular complexity index is 469. The van der Waals surface area contributed by atoms with Gasteiger partial charge in [-0.3, -0.25) is 4.79 Å². The maximum atomic E-state index is 11.8. The largest absolute Gasteiger partial charge is 0.369 e. The van der Waals surface area contributed by atoms with Crippen LogP contribution in [0.3, 0.4) is 0 Å². The van der Waals surface area contributed by atoms with Crippen molar-refractivity contribution in [1.29, 1.82) is 0 Å². The average molecular weight is 266 g/mol. The van der Waals surface area contributed by atoms with Crippen LogP contribution in [0.15, 0.2) is 12.1 Å². The zero-order valence-corrected chi connectivity index (χ0v) is 11.7. The Balaban J connectivity index is 2.54. The van der Waals surface area contributed by atoms with Crippen LogP contribution in [0.4, 0.5) is 0 Å². The molecule has 18 heavy (non-hydrogen) atoms. The lowest BCUT2D eigenvalue weighted by atomic mass is 10.1. The van der Waals surface area contributed by atoms with Gasteiger partial charge in [0.25, 0.3) is 5.91 Å². The third-order valence-electron chi connectivity index (χ3n) is 2.46. The standard InChI is InChI=1S/C13H18N2O2S/c1-13(2,17-3)12(16)15-9-11-7-6-10(18-11)5-4-8-14/h6-7H,8-9,14H2,1-3H3,(H,15,16). The fourth-order valence-corrected chi connectivity index (χ4v) is 1.97. The number of ether oxygens (including phenoxy) is 1. The molecule has 0 saturated heterocycles. The van der Waals surface area contributed by atoms with E-state index in [0.29, 0.717) is 13.1 Å². The van der Waals surface area contributed by atoms with Gasteiger partial charge in [0.05, 0.1) is 18.0 Å². The van der Waals surface area contributed by atoms with Gasteiger partial charge in [0.15, 0.2) is 0 Å². The van der Waals surface area contributed by atoms with Gasteiger partial charge in [-0.2, -0.15) is 0 Å². The predicted molar refractivity (Wildman–Crippen MR) is 73.2 cm³/mol. The molecule has 0 spiro atoms. The summed E-state index contributed by atoms with van der Waals surface area (Å²) in [6.07, 6.45) is 0. The first-order valence-electron chi connectivity index (χ1n) is 5.60. The van der Waals surface area contributed by atoms with Crippen LogP contribution < -0.4 is 11.1 Å². The predicted octanol–water partition coefficient (Wildman–Crippen LogP) is 1.10. The lowest BCUT2D eigenvalue weighted by Gasteiger charge is -2.21. The van der Waals surface area contributed by atoms with Crippen LogP contribution in [-0.4, -0.2) is 25.2 Å². The molecule has 0 aromatic carbocycles. The van der Waals surface area contributed by atoms with E-state index in [1.54, 1.807) is 25.2 Å². The summed E-state index contributed by atoms with van der Waals surface area (Å²) in [6, 6.07) is 3.88. The van der Waals surface area contributed by atoms with Crippen LogP contribution in [0.2, 0.25) is 0 Å². The van der Waals surface area contributed by atoms with E-state index < -0.39 is 5.60 Å². The minimum absolute atomic E-state index is 0.131. The van der Waals surface area contributed by atoms with Crippen LogP contribution in [0.25, 0.3) is 0 Å². The maximum absolute atomic E-state index is 11.8. The molecule has 4 nitrogen and oxygen atoms in total. The van der Waals surface area contributed by atoms with Gasteiger partial charge < -0.3 is 15.8 Å². The molecule has 1 amide bonds. The van der Waals surface area contributed by atoms with E-state index in [9.17, 15) is 4.79 Å². The Hall–Kier alpha value is -1.35. The number of nitrogens with one attached hydrogen (secondary N) is 1. The number of rotatable bonds is 4. The van der Waals surface area contributed by atoms with Crippen LogP contribution in [0, 0.1) is 11.8 Å². The number of thiophene rings is 1. The molecule has 0 saturated carbocycles. The quantitative estimate of drug-likeness (QED) is 0.802. The van der Waals surface area contributed by atoms with E-state index in [-0.39, 0.29) is 5.91 Å². The monoisotopic (exact) mass is 266 g/mol. The van der Waals surface area contributed by atoms with Crippen molar-refractivity contribution in [3.63, 3.8) is 0 Å². The lowest BCUT2D eigenvalue weighted by Crippen LogP contribution is -2.43. The van der Waals surface area contributed by atoms with Crippen LogP contribution in [-0.2, 0) is 16.1 Å². The molecule has 0 aliphatic carbocycles. The van der Waals surface area contributed by atoms with Crippen molar-refractivity contribution in [3.05, 3.63) is 21.9 Å². The molecule has 0 aliphatic rings. The first-order chi connectivity index (χ1) is 8.49. The van der Waals surface area contributed by atoms with Crippen LogP contribution in [0.1, 0.15) is 23.6 Å². The fraction of sp³-hybridized carbons (Fsp3) is 0.462. The van der Waals surface area contributed by atoms with Crippen LogP contribution >= 0.6 is 11.3 Å². The molecule has 98 valence electrons. The first kappa shape index (κ1) is 14.7. The van der Waals surface area contributed by atoms with E-state index in [0.717, 1.165) is 9.75 Å². The Labute approximate surface area is 112 Å². The molecule has 0 atom stereocenters. The van der Waals surface area contributed by atoms with Gasteiger partial charge in [-0.25, -0.2) is 0 Å². The molecule has 0 radical (unpaired) electrons. The zero-order valence-electron chi connectivity index (χ0n) is 10.9. The highest BCUT2D eigenvalue weighted by Crippen LogP contribution is 2.15. The maximum Gasteiger partial charge on any atom is 0.251 e. The number of carbonyl (C=O) groups excluding carboxylic acids is 1. The fourth-order valence-electron chi connectivity index (χ4n) is 1.15. The summed E-state index contributed by atoms with van der Waals surface area (Å²) in [5.74, 6) is 5.63. The molecular weight excluding hydrogens is 248 g/mol. The molecule has 1 aromatic heterocycles. The highest BCUT2D eigenvalue weighted by atomic mass is 32.1. The van der Waals surface area contributed by atoms with Gasteiger partial charge in [0, 0.05) is 12.0 Å². The van der Waals surface area contributed by atoms with Gasteiger partial charge in [-0.05, 0) is 26.0 Å². The third kappa shape index (κ3) is 4.15. The van der Waals surface area contributed by atoms with E-state index >= 15 is 0 Å². The summed E-state index contributed by atoms with van der Waals surface area (Å²) in [6.45, 7) is 4.30. The Morgan fingerprint density at radius 2 is 2.28 bits per heavy atom. The Morgan fingerprint density at radius 3 is 2.89 bits per heavy atom. The summed E-state index contributed by atoms with van der Waals surface area (Å²) in [5.41, 5.74) is 4.50. The average Bonchev–Trinajstić information content (AvgIpc) is 2.81. The first-order valence-corrected chi connectivity index (χ1v) is 6.42. The molecule has 0 aliphatic heterocycles. The number of amides is 1. The minimum Gasteiger partial charge on any atom is -0.369 e. The van der Waals surface area contributed by atoms with Crippen molar-refractivity contribution in [2.24, 2.45) is 5.73 Å². The summed E-state index contributed by atoms with van der Waals surface area (Å²) in [7, 11) is 1.52. The van der Waals surface area contributed by atoms with Gasteiger partial charge in [-0.1, -0.05) is 11.8 Å². The molecule has 0 fully saturated rings. The highest BCUT2D eigenvalue weighted by molar-refractivity contribution is 7.12. The van der Waals surface area contributed by atoms with Crippen molar-refractivity contribution >= 4 is 17.2 Å². The molecule has 0 unspecified atom stereocenters. The molecule has 0 bridgehead atoms. The molecule has 5 heteroatoms. The van der Waals surface area contributed by atoms with Gasteiger partial charge in [0.2, 0.25) is 0 Å². The molecule has 1 rings (SSSR count). The van der Waals surface area contributed by atoms with E-state index in [2.05, 4.69) is 17.2 Å². The number of hydrogen-bond donors (Lipinski definition) is 2. The van der Waals surface area contributed by atoms with E-state index in [1.165, 1.54) is 7.11 Å². The highest BCUT2D eigenvalue weighted by Gasteiger charge is 2.26. The molecule has 1 heterocycles. The second-order valence-electron chi connectivity index (χ2n) is 4.17. The van der Waals surface area contributed by atoms with Crippen LogP contribution in [0.5, 0.6) is 0 Å². The van der Waals surface area contributed by atoms with Crippen molar-refractivity contribution in [1.82, 2.24) is 5.32 Å². The molecular formula is C13H18N2O2S. The summed E-state index contributed by atoms with van der Waals surface area (Å²) < 4.78 is 5.10.